The third kappa shape index (κ3) is 5.15. The van der Waals surface area contributed by atoms with Gasteiger partial charge in [0.05, 0.1) is 11.4 Å². The summed E-state index contributed by atoms with van der Waals surface area (Å²) in [5, 5.41) is 0. The average molecular weight is 391 g/mol. The van der Waals surface area contributed by atoms with Crippen LogP contribution in [0.2, 0.25) is 0 Å². The van der Waals surface area contributed by atoms with E-state index in [0.717, 1.165) is 23.4 Å². The first kappa shape index (κ1) is 23.7. The molecule has 0 aliphatic rings. The molecule has 2 aromatic rings. The Hall–Kier alpha value is -2.30. The van der Waals surface area contributed by atoms with Crippen molar-refractivity contribution in [2.24, 2.45) is 5.92 Å². The number of Topliss-reactive ketones (excluding diaryl/α,β-unsaturated/α-hetero) is 1. The van der Waals surface area contributed by atoms with E-state index in [9.17, 15) is 13.6 Å². The highest BCUT2D eigenvalue weighted by Gasteiger charge is 2.37. The van der Waals surface area contributed by atoms with Gasteiger partial charge in [0.2, 0.25) is 0 Å². The number of carbonyl (C=O) groups excluding carboxylic acids is 1. The number of halogens is 2. The molecule has 0 aliphatic carbocycles. The fourth-order valence-corrected chi connectivity index (χ4v) is 2.91. The molecule has 1 unspecified atom stereocenters. The van der Waals surface area contributed by atoms with E-state index in [-0.39, 0.29) is 11.3 Å². The van der Waals surface area contributed by atoms with Gasteiger partial charge >= 0.3 is 0 Å². The largest absolute Gasteiger partial charge is 0.322 e. The lowest BCUT2D eigenvalue weighted by Crippen LogP contribution is -2.22. The van der Waals surface area contributed by atoms with Gasteiger partial charge in [0, 0.05) is 30.5 Å². The minimum atomic E-state index is -2.85. The van der Waals surface area contributed by atoms with Crippen LogP contribution in [-0.4, -0.2) is 15.3 Å². The SMILES string of the molecule is C=CCC.CCC(C)C(F)(F)c1ccc(-c2c(C)nc(C(C)=O)n2CC)cc1. The highest BCUT2D eigenvalue weighted by Crippen LogP contribution is 2.38. The van der Waals surface area contributed by atoms with Gasteiger partial charge in [-0.25, -0.2) is 13.8 Å². The lowest BCUT2D eigenvalue weighted by Gasteiger charge is -2.23. The van der Waals surface area contributed by atoms with Crippen molar-refractivity contribution in [2.75, 3.05) is 0 Å². The van der Waals surface area contributed by atoms with E-state index >= 15 is 0 Å². The first-order valence-corrected chi connectivity index (χ1v) is 9.83. The number of ketones is 1. The summed E-state index contributed by atoms with van der Waals surface area (Å²) in [6.45, 7) is 14.7. The number of imidazole rings is 1. The molecule has 1 heterocycles. The number of benzene rings is 1. The third-order valence-corrected chi connectivity index (χ3v) is 4.84. The Labute approximate surface area is 167 Å². The molecule has 0 saturated heterocycles. The van der Waals surface area contributed by atoms with E-state index in [2.05, 4.69) is 18.5 Å². The summed E-state index contributed by atoms with van der Waals surface area (Å²) in [6.07, 6.45) is 3.37. The quantitative estimate of drug-likeness (QED) is 0.385. The van der Waals surface area contributed by atoms with Crippen LogP contribution in [0.25, 0.3) is 11.3 Å². The molecule has 28 heavy (non-hydrogen) atoms. The van der Waals surface area contributed by atoms with Gasteiger partial charge in [-0.3, -0.25) is 4.79 Å². The number of aromatic nitrogens is 2. The Morgan fingerprint density at radius 3 is 2.18 bits per heavy atom. The zero-order chi connectivity index (χ0) is 21.5. The number of alkyl halides is 2. The highest BCUT2D eigenvalue weighted by molar-refractivity contribution is 5.92. The Morgan fingerprint density at radius 1 is 1.25 bits per heavy atom. The second kappa shape index (κ2) is 10.3. The minimum Gasteiger partial charge on any atom is -0.322 e. The lowest BCUT2D eigenvalue weighted by atomic mass is 9.93. The van der Waals surface area contributed by atoms with Gasteiger partial charge in [-0.05, 0) is 26.7 Å². The maximum atomic E-state index is 14.4. The molecule has 0 fully saturated rings. The Kier molecular flexibility index (Phi) is 8.73. The lowest BCUT2D eigenvalue weighted by molar-refractivity contribution is -0.0594. The molecule has 3 nitrogen and oxygen atoms in total. The van der Waals surface area contributed by atoms with Crippen molar-refractivity contribution in [3.8, 4) is 11.3 Å². The van der Waals surface area contributed by atoms with E-state index in [4.69, 9.17) is 0 Å². The molecule has 0 saturated carbocycles. The van der Waals surface area contributed by atoms with Crippen LogP contribution in [0.15, 0.2) is 36.9 Å². The molecule has 1 aromatic heterocycles. The topological polar surface area (TPSA) is 34.9 Å². The van der Waals surface area contributed by atoms with Crippen molar-refractivity contribution >= 4 is 5.78 Å². The molecule has 0 spiro atoms. The summed E-state index contributed by atoms with van der Waals surface area (Å²) in [4.78, 5) is 16.1. The molecular formula is C23H32F2N2O. The zero-order valence-electron chi connectivity index (χ0n) is 17.9. The van der Waals surface area contributed by atoms with Crippen molar-refractivity contribution < 1.29 is 13.6 Å². The van der Waals surface area contributed by atoms with Crippen LogP contribution in [0.3, 0.4) is 0 Å². The maximum Gasteiger partial charge on any atom is 0.275 e. The molecular weight excluding hydrogens is 358 g/mol. The van der Waals surface area contributed by atoms with Gasteiger partial charge in [-0.1, -0.05) is 51.1 Å². The van der Waals surface area contributed by atoms with Crippen LogP contribution >= 0.6 is 0 Å². The predicted molar refractivity (Wildman–Crippen MR) is 112 cm³/mol. The number of aryl methyl sites for hydroxylation is 1. The molecule has 5 heteroatoms. The van der Waals surface area contributed by atoms with E-state index in [0.29, 0.717) is 18.8 Å². The Bertz CT molecular complexity index is 792. The fraction of sp³-hybridized carbons (Fsp3) is 0.478. The van der Waals surface area contributed by atoms with Gasteiger partial charge in [-0.15, -0.1) is 6.58 Å². The normalized spacial score (nSPS) is 12.1. The summed E-state index contributed by atoms with van der Waals surface area (Å²) < 4.78 is 30.5. The van der Waals surface area contributed by atoms with Crippen molar-refractivity contribution in [3.05, 3.63) is 54.0 Å². The van der Waals surface area contributed by atoms with E-state index in [1.165, 1.54) is 19.1 Å². The second-order valence-electron chi connectivity index (χ2n) is 6.88. The van der Waals surface area contributed by atoms with Gasteiger partial charge in [-0.2, -0.15) is 0 Å². The molecule has 1 aromatic carbocycles. The molecule has 0 amide bonds. The standard InChI is InChI=1S/C19H24F2N2O.C4H8/c1-6-12(3)19(20,21)16-10-8-15(9-11-16)17-13(4)22-18(14(5)24)23(17)7-2;1-3-4-2/h8-12H,6-7H2,1-5H3;3H,1,4H2,2H3. The number of hydrogen-bond acceptors (Lipinski definition) is 2. The van der Waals surface area contributed by atoms with Crippen LogP contribution in [-0.2, 0) is 12.5 Å². The number of allylic oxidation sites excluding steroid dienone is 1. The fourth-order valence-electron chi connectivity index (χ4n) is 2.91. The first-order valence-electron chi connectivity index (χ1n) is 9.83. The summed E-state index contributed by atoms with van der Waals surface area (Å²) in [5.41, 5.74) is 2.34. The molecule has 154 valence electrons. The van der Waals surface area contributed by atoms with E-state index in [1.54, 1.807) is 26.0 Å². The van der Waals surface area contributed by atoms with E-state index in [1.807, 2.05) is 24.5 Å². The summed E-state index contributed by atoms with van der Waals surface area (Å²) in [5.74, 6) is -3.27. The van der Waals surface area contributed by atoms with Crippen LogP contribution in [0.1, 0.15) is 69.3 Å². The summed E-state index contributed by atoms with van der Waals surface area (Å²) in [7, 11) is 0. The van der Waals surface area contributed by atoms with Gasteiger partial charge < -0.3 is 4.57 Å². The number of nitrogens with zero attached hydrogens (tertiary/aromatic N) is 2. The van der Waals surface area contributed by atoms with E-state index < -0.39 is 11.8 Å². The number of carbonyl (C=O) groups is 1. The first-order chi connectivity index (χ1) is 13.1. The van der Waals surface area contributed by atoms with Crippen LogP contribution in [0.4, 0.5) is 8.78 Å². The van der Waals surface area contributed by atoms with Gasteiger partial charge in [0.15, 0.2) is 11.6 Å². The Balaban J connectivity index is 0.000000892. The predicted octanol–water partition coefficient (Wildman–Crippen LogP) is 6.80. The zero-order valence-corrected chi connectivity index (χ0v) is 17.9. The molecule has 0 aliphatic heterocycles. The van der Waals surface area contributed by atoms with Crippen molar-refractivity contribution in [1.82, 2.24) is 9.55 Å². The van der Waals surface area contributed by atoms with Crippen LogP contribution in [0.5, 0.6) is 0 Å². The smallest absolute Gasteiger partial charge is 0.275 e. The van der Waals surface area contributed by atoms with Crippen LogP contribution in [0, 0.1) is 12.8 Å². The monoisotopic (exact) mass is 390 g/mol. The number of hydrogen-bond donors (Lipinski definition) is 0. The third-order valence-electron chi connectivity index (χ3n) is 4.84. The van der Waals surface area contributed by atoms with Gasteiger partial charge in [0.25, 0.3) is 5.92 Å². The van der Waals surface area contributed by atoms with Crippen LogP contribution < -0.4 is 0 Å². The second-order valence-corrected chi connectivity index (χ2v) is 6.88. The average Bonchev–Trinajstić information content (AvgIpc) is 3.04. The number of rotatable bonds is 7. The minimum absolute atomic E-state index is 0.0209. The summed E-state index contributed by atoms with van der Waals surface area (Å²) >= 11 is 0. The Morgan fingerprint density at radius 2 is 1.79 bits per heavy atom. The molecule has 2 rings (SSSR count). The van der Waals surface area contributed by atoms with Crippen molar-refractivity contribution in [1.29, 1.82) is 0 Å². The van der Waals surface area contributed by atoms with Crippen molar-refractivity contribution in [3.63, 3.8) is 0 Å². The van der Waals surface area contributed by atoms with Crippen molar-refractivity contribution in [2.45, 2.75) is 66.9 Å². The van der Waals surface area contributed by atoms with Gasteiger partial charge in [0.1, 0.15) is 0 Å². The molecule has 0 bridgehead atoms. The maximum absolute atomic E-state index is 14.4. The molecule has 1 atom stereocenters. The molecule has 0 radical (unpaired) electrons. The summed E-state index contributed by atoms with van der Waals surface area (Å²) in [6, 6.07) is 6.32. The molecule has 0 N–H and O–H groups in total. The highest BCUT2D eigenvalue weighted by atomic mass is 19.3.